The van der Waals surface area contributed by atoms with Crippen LogP contribution in [0.15, 0.2) is 131 Å². The van der Waals surface area contributed by atoms with Crippen LogP contribution in [0.25, 0.3) is 66.5 Å². The van der Waals surface area contributed by atoms with Crippen molar-refractivity contribution in [1.29, 1.82) is 0 Å². The van der Waals surface area contributed by atoms with Gasteiger partial charge in [0.15, 0.2) is 0 Å². The van der Waals surface area contributed by atoms with E-state index in [0.29, 0.717) is 5.95 Å². The Morgan fingerprint density at radius 1 is 0.590 bits per heavy atom. The van der Waals surface area contributed by atoms with Crippen LogP contribution in [0.3, 0.4) is 0 Å². The monoisotopic (exact) mass is 516 g/mol. The summed E-state index contributed by atoms with van der Waals surface area (Å²) in [6.07, 6.45) is 2.10. The van der Waals surface area contributed by atoms with Gasteiger partial charge in [-0.2, -0.15) is 0 Å². The summed E-state index contributed by atoms with van der Waals surface area (Å²) in [5.41, 5.74) is 7.79. The Morgan fingerprint density at radius 3 is 2.36 bits per heavy atom. The van der Waals surface area contributed by atoms with Gasteiger partial charge < -0.3 is 4.57 Å². The molecule has 0 amide bonds. The van der Waals surface area contributed by atoms with Gasteiger partial charge in [-0.05, 0) is 54.6 Å². The van der Waals surface area contributed by atoms with Crippen molar-refractivity contribution in [2.45, 2.75) is 9.79 Å². The first-order chi connectivity index (χ1) is 19.3. The fourth-order valence-corrected chi connectivity index (χ4v) is 7.13. The molecule has 1 aliphatic rings. The Bertz CT molecular complexity index is 2260. The van der Waals surface area contributed by atoms with E-state index in [1.807, 2.05) is 0 Å². The Labute approximate surface area is 228 Å². The summed E-state index contributed by atoms with van der Waals surface area (Å²) in [6.45, 7) is 0. The zero-order valence-electron chi connectivity index (χ0n) is 20.7. The largest absolute Gasteiger partial charge is 0.309 e. The average Bonchev–Trinajstić information content (AvgIpc) is 3.55. The van der Waals surface area contributed by atoms with E-state index in [0.717, 1.165) is 33.2 Å². The Balaban J connectivity index is 1.33. The van der Waals surface area contributed by atoms with E-state index in [4.69, 9.17) is 9.97 Å². The topological polar surface area (TPSA) is 35.6 Å². The Kier molecular flexibility index (Phi) is 4.23. The first kappa shape index (κ1) is 21.1. The van der Waals surface area contributed by atoms with Gasteiger partial charge in [0.2, 0.25) is 5.95 Å². The fourth-order valence-electron chi connectivity index (χ4n) is 6.02. The van der Waals surface area contributed by atoms with E-state index in [-0.39, 0.29) is 0 Å². The number of benzene rings is 5. The van der Waals surface area contributed by atoms with Crippen LogP contribution in [-0.2, 0) is 0 Å². The summed E-state index contributed by atoms with van der Waals surface area (Å²) in [5, 5.41) is 4.74. The van der Waals surface area contributed by atoms with Crippen molar-refractivity contribution in [1.82, 2.24) is 19.1 Å². The van der Waals surface area contributed by atoms with Gasteiger partial charge in [0.05, 0.1) is 27.8 Å². The minimum atomic E-state index is 0.692. The molecule has 0 spiro atoms. The molecule has 0 atom stereocenters. The highest BCUT2D eigenvalue weighted by Gasteiger charge is 2.23. The number of fused-ring (bicyclic) bond motifs is 6. The van der Waals surface area contributed by atoms with Crippen LogP contribution >= 0.6 is 11.8 Å². The van der Waals surface area contributed by atoms with Crippen LogP contribution in [0.4, 0.5) is 0 Å². The molecule has 5 aromatic carbocycles. The number of rotatable bonds is 2. The second kappa shape index (κ2) is 7.82. The molecule has 182 valence electrons. The standard InChI is InChI=1S/C34H20N4S/c1-2-9-22(10-3-1)38-27-14-6-4-11-23(27)25-20-28-21(19-29(25)38)17-18-37(28)34-35-26-13-8-16-31-32(26)33(36-34)24-12-5-7-15-30(24)39-31/h1-20H. The molecule has 0 saturated carbocycles. The van der Waals surface area contributed by atoms with Crippen LogP contribution in [0, 0.1) is 0 Å². The number of aromatic nitrogens is 4. The minimum Gasteiger partial charge on any atom is -0.309 e. The van der Waals surface area contributed by atoms with E-state index >= 15 is 0 Å². The van der Waals surface area contributed by atoms with Gasteiger partial charge in [-0.15, -0.1) is 0 Å². The summed E-state index contributed by atoms with van der Waals surface area (Å²) in [4.78, 5) is 12.7. The van der Waals surface area contributed by atoms with Gasteiger partial charge in [-0.1, -0.05) is 72.4 Å². The Morgan fingerprint density at radius 2 is 1.41 bits per heavy atom. The lowest BCUT2D eigenvalue weighted by molar-refractivity contribution is 0.981. The van der Waals surface area contributed by atoms with E-state index < -0.39 is 0 Å². The Hall–Kier alpha value is -4.87. The second-order valence-electron chi connectivity index (χ2n) is 9.92. The van der Waals surface area contributed by atoms with E-state index in [1.165, 1.54) is 37.2 Å². The van der Waals surface area contributed by atoms with Gasteiger partial charge in [0, 0.05) is 48.8 Å². The van der Waals surface area contributed by atoms with Gasteiger partial charge in [0.25, 0.3) is 0 Å². The maximum absolute atomic E-state index is 5.19. The molecule has 5 heteroatoms. The van der Waals surface area contributed by atoms with Gasteiger partial charge in [0.1, 0.15) is 0 Å². The smallest absolute Gasteiger partial charge is 0.235 e. The summed E-state index contributed by atoms with van der Waals surface area (Å²) < 4.78 is 4.49. The molecule has 8 aromatic rings. The molecule has 0 saturated heterocycles. The normalized spacial score (nSPS) is 12.5. The SMILES string of the molecule is c1ccc(-n2c3ccccc3c3cc4c(ccn4-c4nc5c6c(cccc6n4)Sc4ccccc4-5)cc32)cc1. The van der Waals surface area contributed by atoms with Crippen molar-refractivity contribution in [3.05, 3.63) is 121 Å². The van der Waals surface area contributed by atoms with Crippen molar-refractivity contribution >= 4 is 55.4 Å². The van der Waals surface area contributed by atoms with Gasteiger partial charge >= 0.3 is 0 Å². The maximum Gasteiger partial charge on any atom is 0.235 e. The third-order valence-electron chi connectivity index (χ3n) is 7.75. The summed E-state index contributed by atoms with van der Waals surface area (Å²) in [6, 6.07) is 40.9. The second-order valence-corrected chi connectivity index (χ2v) is 11.0. The number of hydrogen-bond donors (Lipinski definition) is 0. The molecule has 1 aliphatic heterocycles. The van der Waals surface area contributed by atoms with Gasteiger partial charge in [-0.25, -0.2) is 9.97 Å². The lowest BCUT2D eigenvalue weighted by atomic mass is 10.1. The lowest BCUT2D eigenvalue weighted by Crippen LogP contribution is -2.04. The number of para-hydroxylation sites is 2. The average molecular weight is 517 g/mol. The van der Waals surface area contributed by atoms with Crippen molar-refractivity contribution in [2.24, 2.45) is 0 Å². The molecular formula is C34H20N4S. The van der Waals surface area contributed by atoms with Crippen molar-refractivity contribution in [3.8, 4) is 22.9 Å². The number of hydrogen-bond acceptors (Lipinski definition) is 3. The van der Waals surface area contributed by atoms with E-state index in [2.05, 4.69) is 131 Å². The predicted octanol–water partition coefficient (Wildman–Crippen LogP) is 8.80. The molecule has 0 N–H and O–H groups in total. The summed E-state index contributed by atoms with van der Waals surface area (Å²) >= 11 is 1.79. The van der Waals surface area contributed by atoms with E-state index in [1.54, 1.807) is 11.8 Å². The van der Waals surface area contributed by atoms with Crippen molar-refractivity contribution in [2.75, 3.05) is 0 Å². The summed E-state index contributed by atoms with van der Waals surface area (Å²) in [7, 11) is 0. The zero-order chi connectivity index (χ0) is 25.5. The molecule has 0 fully saturated rings. The third kappa shape index (κ3) is 2.96. The fraction of sp³-hybridized carbons (Fsp3) is 0. The molecule has 0 radical (unpaired) electrons. The van der Waals surface area contributed by atoms with Crippen LogP contribution in [-0.4, -0.2) is 19.1 Å². The third-order valence-corrected chi connectivity index (χ3v) is 8.89. The molecule has 0 unspecified atom stereocenters. The van der Waals surface area contributed by atoms with Gasteiger partial charge in [-0.3, -0.25) is 4.57 Å². The maximum atomic E-state index is 5.19. The molecule has 0 bridgehead atoms. The highest BCUT2D eigenvalue weighted by Crippen LogP contribution is 2.46. The molecule has 4 nitrogen and oxygen atoms in total. The first-order valence-electron chi connectivity index (χ1n) is 13.0. The highest BCUT2D eigenvalue weighted by atomic mass is 32.2. The summed E-state index contributed by atoms with van der Waals surface area (Å²) in [5.74, 6) is 0.692. The van der Waals surface area contributed by atoms with Crippen molar-refractivity contribution < 1.29 is 0 Å². The molecule has 39 heavy (non-hydrogen) atoms. The first-order valence-corrected chi connectivity index (χ1v) is 13.8. The van der Waals surface area contributed by atoms with Crippen LogP contribution in [0.2, 0.25) is 0 Å². The van der Waals surface area contributed by atoms with Crippen LogP contribution < -0.4 is 0 Å². The number of nitrogens with zero attached hydrogens (tertiary/aromatic N) is 4. The zero-order valence-corrected chi connectivity index (χ0v) is 21.6. The molecule has 4 heterocycles. The molecule has 3 aromatic heterocycles. The van der Waals surface area contributed by atoms with Crippen LogP contribution in [0.5, 0.6) is 0 Å². The highest BCUT2D eigenvalue weighted by molar-refractivity contribution is 7.99. The quantitative estimate of drug-likeness (QED) is 0.230. The predicted molar refractivity (Wildman–Crippen MR) is 160 cm³/mol. The lowest BCUT2D eigenvalue weighted by Gasteiger charge is -2.19. The van der Waals surface area contributed by atoms with Crippen molar-refractivity contribution in [3.63, 3.8) is 0 Å². The minimum absolute atomic E-state index is 0.692. The van der Waals surface area contributed by atoms with E-state index in [9.17, 15) is 0 Å². The molecular weight excluding hydrogens is 496 g/mol. The van der Waals surface area contributed by atoms with Crippen LogP contribution in [0.1, 0.15) is 0 Å². The molecule has 9 rings (SSSR count). The molecule has 0 aliphatic carbocycles.